The van der Waals surface area contributed by atoms with Crippen LogP contribution in [0.4, 0.5) is 0 Å². The number of carboxylic acid groups (broad SMARTS) is 1. The van der Waals surface area contributed by atoms with Crippen molar-refractivity contribution in [2.75, 3.05) is 6.61 Å². The second kappa shape index (κ2) is 4.18. The van der Waals surface area contributed by atoms with E-state index < -0.39 is 18.5 Å². The SMILES string of the molecule is CC1(C)[C@@H](CC(=O)O)C[C@H]1OC(=O)CO. The van der Waals surface area contributed by atoms with E-state index >= 15 is 0 Å². The Morgan fingerprint density at radius 1 is 1.47 bits per heavy atom. The largest absolute Gasteiger partial charge is 0.481 e. The van der Waals surface area contributed by atoms with E-state index in [1.807, 2.05) is 13.8 Å². The summed E-state index contributed by atoms with van der Waals surface area (Å²) in [6, 6.07) is 0. The Morgan fingerprint density at radius 3 is 2.47 bits per heavy atom. The van der Waals surface area contributed by atoms with Gasteiger partial charge >= 0.3 is 11.9 Å². The molecule has 0 bridgehead atoms. The van der Waals surface area contributed by atoms with E-state index in [0.717, 1.165) is 0 Å². The number of aliphatic hydroxyl groups is 1. The van der Waals surface area contributed by atoms with Crippen molar-refractivity contribution < 1.29 is 24.5 Å². The lowest BCUT2D eigenvalue weighted by Gasteiger charge is -2.50. The zero-order valence-corrected chi connectivity index (χ0v) is 8.90. The number of hydrogen-bond acceptors (Lipinski definition) is 4. The Labute approximate surface area is 88.0 Å². The Balaban J connectivity index is 2.48. The first-order valence-electron chi connectivity index (χ1n) is 4.90. The fraction of sp³-hybridized carbons (Fsp3) is 0.800. The van der Waals surface area contributed by atoms with Crippen molar-refractivity contribution in [3.8, 4) is 0 Å². The van der Waals surface area contributed by atoms with Crippen LogP contribution in [0.3, 0.4) is 0 Å². The molecule has 1 fully saturated rings. The Morgan fingerprint density at radius 2 is 2.07 bits per heavy atom. The summed E-state index contributed by atoms with van der Waals surface area (Å²) in [4.78, 5) is 21.4. The van der Waals surface area contributed by atoms with Crippen molar-refractivity contribution in [2.24, 2.45) is 11.3 Å². The summed E-state index contributed by atoms with van der Waals surface area (Å²) in [5.74, 6) is -1.45. The molecule has 86 valence electrons. The number of aliphatic carboxylic acids is 1. The van der Waals surface area contributed by atoms with Gasteiger partial charge in [-0.05, 0) is 12.3 Å². The van der Waals surface area contributed by atoms with E-state index in [9.17, 15) is 9.59 Å². The molecule has 0 aromatic heterocycles. The molecule has 0 aromatic rings. The van der Waals surface area contributed by atoms with Crippen LogP contribution in [0.1, 0.15) is 26.7 Å². The van der Waals surface area contributed by atoms with Gasteiger partial charge in [-0.25, -0.2) is 4.79 Å². The summed E-state index contributed by atoms with van der Waals surface area (Å²) < 4.78 is 4.98. The molecule has 2 atom stereocenters. The molecule has 1 saturated carbocycles. The van der Waals surface area contributed by atoms with Crippen molar-refractivity contribution in [3.05, 3.63) is 0 Å². The van der Waals surface area contributed by atoms with E-state index in [0.29, 0.717) is 6.42 Å². The van der Waals surface area contributed by atoms with Gasteiger partial charge in [-0.2, -0.15) is 0 Å². The van der Waals surface area contributed by atoms with Crippen LogP contribution in [0.2, 0.25) is 0 Å². The van der Waals surface area contributed by atoms with Gasteiger partial charge in [0.05, 0.1) is 0 Å². The van der Waals surface area contributed by atoms with Crippen LogP contribution in [0, 0.1) is 11.3 Å². The van der Waals surface area contributed by atoms with E-state index in [2.05, 4.69) is 0 Å². The molecule has 1 aliphatic carbocycles. The van der Waals surface area contributed by atoms with Crippen LogP contribution >= 0.6 is 0 Å². The minimum absolute atomic E-state index is 0.0338. The van der Waals surface area contributed by atoms with Crippen LogP contribution in [-0.2, 0) is 14.3 Å². The van der Waals surface area contributed by atoms with E-state index in [4.69, 9.17) is 14.9 Å². The lowest BCUT2D eigenvalue weighted by Crippen LogP contribution is -2.52. The Kier molecular flexibility index (Phi) is 3.34. The summed E-state index contributed by atoms with van der Waals surface area (Å²) in [5.41, 5.74) is -0.316. The number of hydrogen-bond donors (Lipinski definition) is 2. The minimum Gasteiger partial charge on any atom is -0.481 e. The number of carbonyl (C=O) groups is 2. The van der Waals surface area contributed by atoms with Crippen LogP contribution in [-0.4, -0.2) is 34.9 Å². The summed E-state index contributed by atoms with van der Waals surface area (Å²) in [5, 5.41) is 17.2. The zero-order valence-electron chi connectivity index (χ0n) is 8.90. The van der Waals surface area contributed by atoms with Crippen molar-refractivity contribution in [3.63, 3.8) is 0 Å². The quantitative estimate of drug-likeness (QED) is 0.665. The third-order valence-electron chi connectivity index (χ3n) is 3.20. The highest BCUT2D eigenvalue weighted by atomic mass is 16.6. The molecular formula is C10H16O5. The molecule has 15 heavy (non-hydrogen) atoms. The maximum atomic E-state index is 10.8. The molecule has 0 spiro atoms. The molecule has 0 aliphatic heterocycles. The lowest BCUT2D eigenvalue weighted by molar-refractivity contribution is -0.182. The van der Waals surface area contributed by atoms with E-state index in [-0.39, 0.29) is 23.9 Å². The molecule has 0 unspecified atom stereocenters. The normalized spacial score (nSPS) is 27.9. The minimum atomic E-state index is -0.833. The third kappa shape index (κ3) is 2.47. The van der Waals surface area contributed by atoms with Crippen LogP contribution < -0.4 is 0 Å². The number of carboxylic acids is 1. The molecular weight excluding hydrogens is 200 g/mol. The van der Waals surface area contributed by atoms with E-state index in [1.165, 1.54) is 0 Å². The van der Waals surface area contributed by atoms with Crippen LogP contribution in [0.25, 0.3) is 0 Å². The predicted octanol–water partition coefficient (Wildman–Crippen LogP) is 0.411. The molecule has 5 heteroatoms. The summed E-state index contributed by atoms with van der Waals surface area (Å²) in [6.07, 6.45) is 0.382. The topological polar surface area (TPSA) is 83.8 Å². The van der Waals surface area contributed by atoms with Crippen LogP contribution in [0.15, 0.2) is 0 Å². The van der Waals surface area contributed by atoms with Crippen molar-refractivity contribution in [1.29, 1.82) is 0 Å². The van der Waals surface area contributed by atoms with Gasteiger partial charge < -0.3 is 14.9 Å². The van der Waals surface area contributed by atoms with E-state index in [1.54, 1.807) is 0 Å². The van der Waals surface area contributed by atoms with Gasteiger partial charge in [0.25, 0.3) is 0 Å². The van der Waals surface area contributed by atoms with Gasteiger partial charge in [0, 0.05) is 11.8 Å². The molecule has 0 radical (unpaired) electrons. The number of aliphatic hydroxyl groups excluding tert-OH is 1. The molecule has 0 heterocycles. The van der Waals surface area contributed by atoms with Gasteiger partial charge in [0.15, 0.2) is 0 Å². The summed E-state index contributed by atoms with van der Waals surface area (Å²) in [7, 11) is 0. The van der Waals surface area contributed by atoms with Crippen molar-refractivity contribution in [2.45, 2.75) is 32.8 Å². The third-order valence-corrected chi connectivity index (χ3v) is 3.20. The fourth-order valence-electron chi connectivity index (χ4n) is 1.92. The lowest BCUT2D eigenvalue weighted by atomic mass is 9.59. The highest BCUT2D eigenvalue weighted by Gasteiger charge is 2.50. The zero-order chi connectivity index (χ0) is 11.6. The second-order valence-electron chi connectivity index (χ2n) is 4.49. The number of rotatable bonds is 4. The molecule has 1 rings (SSSR count). The smallest absolute Gasteiger partial charge is 0.332 e. The highest BCUT2D eigenvalue weighted by molar-refractivity contribution is 5.71. The fourth-order valence-corrected chi connectivity index (χ4v) is 1.92. The summed E-state index contributed by atoms with van der Waals surface area (Å²) in [6.45, 7) is 3.12. The first kappa shape index (κ1) is 12.0. The predicted molar refractivity (Wildman–Crippen MR) is 51.1 cm³/mol. The first-order valence-corrected chi connectivity index (χ1v) is 4.90. The maximum absolute atomic E-state index is 10.8. The van der Waals surface area contributed by atoms with Gasteiger partial charge in [0.1, 0.15) is 12.7 Å². The number of ether oxygens (including phenoxy) is 1. The molecule has 2 N–H and O–H groups in total. The van der Waals surface area contributed by atoms with Gasteiger partial charge in [-0.3, -0.25) is 4.79 Å². The molecule has 0 amide bonds. The summed E-state index contributed by atoms with van der Waals surface area (Å²) >= 11 is 0. The number of esters is 1. The molecule has 0 saturated heterocycles. The second-order valence-corrected chi connectivity index (χ2v) is 4.49. The Hall–Kier alpha value is -1.10. The first-order chi connectivity index (χ1) is 6.87. The van der Waals surface area contributed by atoms with Crippen molar-refractivity contribution >= 4 is 11.9 Å². The molecule has 0 aromatic carbocycles. The van der Waals surface area contributed by atoms with Crippen molar-refractivity contribution in [1.82, 2.24) is 0 Å². The van der Waals surface area contributed by atoms with Gasteiger partial charge in [0.2, 0.25) is 0 Å². The average molecular weight is 216 g/mol. The van der Waals surface area contributed by atoms with Gasteiger partial charge in [-0.1, -0.05) is 13.8 Å². The molecule has 5 nitrogen and oxygen atoms in total. The monoisotopic (exact) mass is 216 g/mol. The highest BCUT2D eigenvalue weighted by Crippen LogP contribution is 2.49. The standard InChI is InChI=1S/C10H16O5/c1-10(2)6(4-8(12)13)3-7(10)15-9(14)5-11/h6-7,11H,3-5H2,1-2H3,(H,12,13)/t6-,7-/m1/s1. The Bertz CT molecular complexity index is 271. The van der Waals surface area contributed by atoms with Gasteiger partial charge in [-0.15, -0.1) is 0 Å². The average Bonchev–Trinajstić information content (AvgIpc) is 2.15. The van der Waals surface area contributed by atoms with Crippen LogP contribution in [0.5, 0.6) is 0 Å². The number of carbonyl (C=O) groups excluding carboxylic acids is 1. The molecule has 1 aliphatic rings. The maximum Gasteiger partial charge on any atom is 0.332 e.